The third-order valence-electron chi connectivity index (χ3n) is 10.5. The van der Waals surface area contributed by atoms with E-state index < -0.39 is 0 Å². The maximum absolute atomic E-state index is 5.35. The molecular formula is C49H31N5. The summed E-state index contributed by atoms with van der Waals surface area (Å²) in [4.78, 5) is 15.7. The van der Waals surface area contributed by atoms with E-state index in [2.05, 4.69) is 179 Å². The van der Waals surface area contributed by atoms with Crippen molar-refractivity contribution in [2.24, 2.45) is 0 Å². The molecule has 4 aromatic heterocycles. The largest absolute Gasteiger partial charge is 0.308 e. The minimum atomic E-state index is 0.681. The van der Waals surface area contributed by atoms with Crippen LogP contribution in [0.1, 0.15) is 0 Å². The summed E-state index contributed by atoms with van der Waals surface area (Å²) in [5, 5.41) is 5.83. The first-order chi connectivity index (χ1) is 26.8. The van der Waals surface area contributed by atoms with Gasteiger partial charge in [0.25, 0.3) is 0 Å². The van der Waals surface area contributed by atoms with Crippen molar-refractivity contribution in [2.45, 2.75) is 0 Å². The van der Waals surface area contributed by atoms with Gasteiger partial charge in [-0.3, -0.25) is 4.57 Å². The van der Waals surface area contributed by atoms with E-state index >= 15 is 0 Å². The van der Waals surface area contributed by atoms with Crippen molar-refractivity contribution >= 4 is 54.5 Å². The fraction of sp³-hybridized carbons (Fsp3) is 0. The van der Waals surface area contributed by atoms with Crippen LogP contribution in [0, 0.1) is 0 Å². The fourth-order valence-electron chi connectivity index (χ4n) is 8.12. The zero-order valence-electron chi connectivity index (χ0n) is 29.1. The zero-order valence-corrected chi connectivity index (χ0v) is 29.1. The van der Waals surface area contributed by atoms with Gasteiger partial charge in [0.05, 0.1) is 39.0 Å². The maximum atomic E-state index is 5.35. The van der Waals surface area contributed by atoms with Crippen LogP contribution in [0.3, 0.4) is 0 Å². The summed E-state index contributed by atoms with van der Waals surface area (Å²) in [5.74, 6) is 1.51. The van der Waals surface area contributed by atoms with Crippen LogP contribution in [-0.4, -0.2) is 24.1 Å². The molecule has 0 bridgehead atoms. The molecule has 252 valence electrons. The van der Waals surface area contributed by atoms with Crippen LogP contribution in [-0.2, 0) is 0 Å². The lowest BCUT2D eigenvalue weighted by Crippen LogP contribution is -2.02. The molecule has 5 nitrogen and oxygen atoms in total. The van der Waals surface area contributed by atoms with Gasteiger partial charge in [0.2, 0.25) is 0 Å². The molecule has 0 spiro atoms. The fourth-order valence-corrected chi connectivity index (χ4v) is 8.12. The van der Waals surface area contributed by atoms with Gasteiger partial charge in [-0.25, -0.2) is 15.0 Å². The van der Waals surface area contributed by atoms with Gasteiger partial charge >= 0.3 is 0 Å². The van der Waals surface area contributed by atoms with Gasteiger partial charge < -0.3 is 4.57 Å². The van der Waals surface area contributed by atoms with E-state index in [1.165, 1.54) is 16.2 Å². The molecule has 4 heterocycles. The highest BCUT2D eigenvalue weighted by Crippen LogP contribution is 2.41. The van der Waals surface area contributed by atoms with Gasteiger partial charge in [0.1, 0.15) is 5.82 Å². The van der Waals surface area contributed by atoms with E-state index in [0.717, 1.165) is 77.9 Å². The van der Waals surface area contributed by atoms with Gasteiger partial charge in [0, 0.05) is 55.4 Å². The molecule has 0 N–H and O–H groups in total. The number of hydrogen-bond donors (Lipinski definition) is 0. The van der Waals surface area contributed by atoms with E-state index in [1.807, 2.05) is 18.2 Å². The molecule has 5 heteroatoms. The second kappa shape index (κ2) is 12.1. The third-order valence-corrected chi connectivity index (χ3v) is 10.5. The van der Waals surface area contributed by atoms with Crippen LogP contribution in [0.15, 0.2) is 188 Å². The van der Waals surface area contributed by atoms with E-state index in [4.69, 9.17) is 15.0 Å². The highest BCUT2D eigenvalue weighted by molar-refractivity contribution is 6.22. The van der Waals surface area contributed by atoms with E-state index in [9.17, 15) is 0 Å². The molecular weight excluding hydrogens is 659 g/mol. The van der Waals surface area contributed by atoms with Crippen molar-refractivity contribution in [3.8, 4) is 45.4 Å². The minimum absolute atomic E-state index is 0.681. The van der Waals surface area contributed by atoms with Crippen molar-refractivity contribution in [1.29, 1.82) is 0 Å². The standard InChI is InChI=1S/C49H31N5/c1-3-15-34(16-4-1)49-51-41(31-45(52-49)54-42-24-12-8-19-36(42)37-20-9-13-25-43(37)54)32-27-29-33(30-28-32)47-46-39-22-10-14-26-44(39)53(35-17-5-2-6-18-35)48(46)38-21-7-11-23-40(38)50-47/h1-31H. The molecule has 0 saturated heterocycles. The number of para-hydroxylation sites is 5. The van der Waals surface area contributed by atoms with Crippen LogP contribution in [0.5, 0.6) is 0 Å². The Morgan fingerprint density at radius 2 is 0.907 bits per heavy atom. The topological polar surface area (TPSA) is 48.5 Å². The van der Waals surface area contributed by atoms with Crippen molar-refractivity contribution in [3.63, 3.8) is 0 Å². The summed E-state index contributed by atoms with van der Waals surface area (Å²) < 4.78 is 4.64. The van der Waals surface area contributed by atoms with Crippen LogP contribution in [0.2, 0.25) is 0 Å². The highest BCUT2D eigenvalue weighted by atomic mass is 15.1. The van der Waals surface area contributed by atoms with Gasteiger partial charge in [-0.1, -0.05) is 146 Å². The summed E-state index contributed by atoms with van der Waals surface area (Å²) in [6, 6.07) is 65.9. The lowest BCUT2D eigenvalue weighted by atomic mass is 10.0. The average Bonchev–Trinajstić information content (AvgIpc) is 3.78. The van der Waals surface area contributed by atoms with Gasteiger partial charge in [-0.05, 0) is 36.4 Å². The Labute approximate surface area is 311 Å². The Bertz CT molecular complexity index is 3140. The molecule has 0 atom stereocenters. The molecule has 7 aromatic carbocycles. The molecule has 0 aliphatic carbocycles. The Hall–Kier alpha value is -7.37. The number of nitrogens with zero attached hydrogens (tertiary/aromatic N) is 5. The number of benzene rings is 7. The summed E-state index contributed by atoms with van der Waals surface area (Å²) in [6.45, 7) is 0. The van der Waals surface area contributed by atoms with E-state index in [-0.39, 0.29) is 0 Å². The molecule has 0 saturated carbocycles. The van der Waals surface area contributed by atoms with Crippen LogP contribution < -0.4 is 0 Å². The molecule has 11 rings (SSSR count). The maximum Gasteiger partial charge on any atom is 0.162 e. The summed E-state index contributed by atoms with van der Waals surface area (Å²) >= 11 is 0. The van der Waals surface area contributed by atoms with Gasteiger partial charge in [-0.15, -0.1) is 0 Å². The quantitative estimate of drug-likeness (QED) is 0.181. The SMILES string of the molecule is c1ccc(-c2nc(-c3ccc(-c4nc5ccccc5c5c4c4ccccc4n5-c4ccccc4)cc3)cc(-n3c4ccccc4c4ccccc43)n2)cc1. The molecule has 0 amide bonds. The third kappa shape index (κ3) is 4.69. The highest BCUT2D eigenvalue weighted by Gasteiger charge is 2.21. The van der Waals surface area contributed by atoms with Crippen molar-refractivity contribution in [2.75, 3.05) is 0 Å². The molecule has 11 aromatic rings. The second-order valence-corrected chi connectivity index (χ2v) is 13.6. The Balaban J connectivity index is 1.12. The number of hydrogen-bond acceptors (Lipinski definition) is 3. The summed E-state index contributed by atoms with van der Waals surface area (Å²) in [6.07, 6.45) is 0. The van der Waals surface area contributed by atoms with Gasteiger partial charge in [0.15, 0.2) is 5.82 Å². The monoisotopic (exact) mass is 689 g/mol. The average molecular weight is 690 g/mol. The normalized spacial score (nSPS) is 11.7. The van der Waals surface area contributed by atoms with Crippen molar-refractivity contribution in [1.82, 2.24) is 24.1 Å². The summed E-state index contributed by atoms with van der Waals surface area (Å²) in [5.41, 5.74) is 11.4. The first-order valence-electron chi connectivity index (χ1n) is 18.2. The lowest BCUT2D eigenvalue weighted by Gasteiger charge is -2.13. The first kappa shape index (κ1) is 30.3. The van der Waals surface area contributed by atoms with Crippen molar-refractivity contribution in [3.05, 3.63) is 188 Å². The van der Waals surface area contributed by atoms with Crippen LogP contribution >= 0.6 is 0 Å². The van der Waals surface area contributed by atoms with E-state index in [1.54, 1.807) is 0 Å². The Morgan fingerprint density at radius 3 is 1.59 bits per heavy atom. The Morgan fingerprint density at radius 1 is 0.370 bits per heavy atom. The van der Waals surface area contributed by atoms with Crippen LogP contribution in [0.4, 0.5) is 0 Å². The first-order valence-corrected chi connectivity index (χ1v) is 18.2. The molecule has 0 fully saturated rings. The number of rotatable bonds is 5. The molecule has 0 radical (unpaired) electrons. The van der Waals surface area contributed by atoms with Gasteiger partial charge in [-0.2, -0.15) is 0 Å². The zero-order chi connectivity index (χ0) is 35.6. The summed E-state index contributed by atoms with van der Waals surface area (Å²) in [7, 11) is 0. The molecule has 0 unspecified atom stereocenters. The van der Waals surface area contributed by atoms with E-state index in [0.29, 0.717) is 5.82 Å². The lowest BCUT2D eigenvalue weighted by molar-refractivity contribution is 1.05. The van der Waals surface area contributed by atoms with Crippen molar-refractivity contribution < 1.29 is 0 Å². The Kier molecular flexibility index (Phi) is 6.79. The smallest absolute Gasteiger partial charge is 0.162 e. The molecule has 0 aliphatic rings. The predicted octanol–water partition coefficient (Wildman–Crippen LogP) is 12.2. The molecule has 54 heavy (non-hydrogen) atoms. The minimum Gasteiger partial charge on any atom is -0.308 e. The number of fused-ring (bicyclic) bond motifs is 8. The van der Waals surface area contributed by atoms with Crippen LogP contribution in [0.25, 0.3) is 99.9 Å². The second-order valence-electron chi connectivity index (χ2n) is 13.6. The number of aromatic nitrogens is 5. The number of pyridine rings is 1. The predicted molar refractivity (Wildman–Crippen MR) is 222 cm³/mol. The molecule has 0 aliphatic heterocycles.